The van der Waals surface area contributed by atoms with Gasteiger partial charge in [-0.25, -0.2) is 4.39 Å². The number of carbonyl (C=O) groups is 1. The van der Waals surface area contributed by atoms with E-state index in [9.17, 15) is 9.18 Å². The molecule has 0 spiro atoms. The minimum Gasteiger partial charge on any atom is -0.490 e. The molecule has 23 heavy (non-hydrogen) atoms. The maximum Gasteiger partial charge on any atom is 0.220 e. The van der Waals surface area contributed by atoms with Crippen LogP contribution in [0.3, 0.4) is 0 Å². The Kier molecular flexibility index (Phi) is 6.80. The smallest absolute Gasteiger partial charge is 0.220 e. The molecule has 0 bridgehead atoms. The number of rotatable bonds is 8. The molecule has 2 rings (SSSR count). The van der Waals surface area contributed by atoms with E-state index in [0.717, 1.165) is 26.1 Å². The van der Waals surface area contributed by atoms with Gasteiger partial charge in [0.1, 0.15) is 0 Å². The van der Waals surface area contributed by atoms with E-state index in [2.05, 4.69) is 10.2 Å². The Balaban J connectivity index is 1.72. The minimum absolute atomic E-state index is 0.0433. The molecule has 2 atom stereocenters. The second-order valence-electron chi connectivity index (χ2n) is 5.80. The van der Waals surface area contributed by atoms with E-state index in [1.54, 1.807) is 32.4 Å². The zero-order valence-corrected chi connectivity index (χ0v) is 13.8. The van der Waals surface area contributed by atoms with Crippen LogP contribution in [0.5, 0.6) is 5.75 Å². The molecule has 1 N–H and O–H groups in total. The molecule has 1 amide bonds. The van der Waals surface area contributed by atoms with Crippen LogP contribution in [-0.4, -0.2) is 57.3 Å². The normalized spacial score (nSPS) is 21.3. The van der Waals surface area contributed by atoms with Gasteiger partial charge in [0.15, 0.2) is 11.6 Å². The van der Waals surface area contributed by atoms with Crippen molar-refractivity contribution in [2.45, 2.75) is 18.9 Å². The van der Waals surface area contributed by atoms with Crippen molar-refractivity contribution in [3.8, 4) is 5.75 Å². The van der Waals surface area contributed by atoms with Gasteiger partial charge in [-0.1, -0.05) is 12.1 Å². The molecule has 0 saturated carbocycles. The number of amides is 1. The molecule has 1 aliphatic heterocycles. The summed E-state index contributed by atoms with van der Waals surface area (Å²) in [6.45, 7) is 2.97. The summed E-state index contributed by atoms with van der Waals surface area (Å²) in [5, 5.41) is 2.66. The van der Waals surface area contributed by atoms with Crippen LogP contribution in [0.4, 0.5) is 4.39 Å². The third-order valence-electron chi connectivity index (χ3n) is 4.20. The molecule has 1 aromatic rings. The lowest BCUT2D eigenvalue weighted by Crippen LogP contribution is -2.28. The molecule has 0 unspecified atom stereocenters. The first-order valence-electron chi connectivity index (χ1n) is 7.97. The highest BCUT2D eigenvalue weighted by Gasteiger charge is 2.33. The molecule has 0 radical (unpaired) electrons. The lowest BCUT2D eigenvalue weighted by atomic mass is 10.0. The Bertz CT molecular complexity index is 512. The molecule has 0 aliphatic carbocycles. The summed E-state index contributed by atoms with van der Waals surface area (Å²) < 4.78 is 24.4. The monoisotopic (exact) mass is 324 g/mol. The van der Waals surface area contributed by atoms with Gasteiger partial charge in [-0.3, -0.25) is 4.79 Å². The van der Waals surface area contributed by atoms with E-state index in [4.69, 9.17) is 9.47 Å². The molecule has 1 heterocycles. The van der Waals surface area contributed by atoms with E-state index >= 15 is 0 Å². The lowest BCUT2D eigenvalue weighted by molar-refractivity contribution is -0.122. The number of methoxy groups -OCH3 is 1. The Morgan fingerprint density at radius 2 is 2.17 bits per heavy atom. The van der Waals surface area contributed by atoms with Crippen LogP contribution < -0.4 is 10.1 Å². The van der Waals surface area contributed by atoms with Crippen LogP contribution in [0, 0.1) is 11.7 Å². The summed E-state index contributed by atoms with van der Waals surface area (Å²) in [6.07, 6.45) is 1.37. The van der Waals surface area contributed by atoms with Crippen LogP contribution in [0.2, 0.25) is 0 Å². The molecule has 6 heteroatoms. The topological polar surface area (TPSA) is 50.8 Å². The van der Waals surface area contributed by atoms with Gasteiger partial charge >= 0.3 is 0 Å². The van der Waals surface area contributed by atoms with Crippen molar-refractivity contribution in [2.75, 3.05) is 40.4 Å². The summed E-state index contributed by atoms with van der Waals surface area (Å²) in [4.78, 5) is 13.8. The molecule has 1 aliphatic rings. The first-order valence-corrected chi connectivity index (χ1v) is 7.97. The fourth-order valence-electron chi connectivity index (χ4n) is 2.95. The third kappa shape index (κ3) is 5.18. The molecule has 1 aromatic carbocycles. The van der Waals surface area contributed by atoms with E-state index in [-0.39, 0.29) is 23.7 Å². The highest BCUT2D eigenvalue weighted by atomic mass is 19.1. The number of halogens is 1. The van der Waals surface area contributed by atoms with Gasteiger partial charge < -0.3 is 19.7 Å². The number of hydrogen-bond acceptors (Lipinski definition) is 4. The lowest BCUT2D eigenvalue weighted by Gasteiger charge is -2.15. The molecule has 1 fully saturated rings. The van der Waals surface area contributed by atoms with E-state index in [1.165, 1.54) is 6.07 Å². The maximum atomic E-state index is 13.4. The Morgan fingerprint density at radius 1 is 1.39 bits per heavy atom. The van der Waals surface area contributed by atoms with Crippen molar-refractivity contribution in [1.82, 2.24) is 10.2 Å². The summed E-state index contributed by atoms with van der Waals surface area (Å²) in [5.74, 6) is 0.217. The second kappa shape index (κ2) is 8.84. The van der Waals surface area contributed by atoms with E-state index in [0.29, 0.717) is 18.8 Å². The summed E-state index contributed by atoms with van der Waals surface area (Å²) in [5.41, 5.74) is 0. The SMILES string of the molecule is CNC(=O)C[C@H]1CN(CCCOc2ccccc2F)C[C@@H]1OC. The first-order chi connectivity index (χ1) is 11.1. The number of nitrogens with one attached hydrogen (secondary N) is 1. The van der Waals surface area contributed by atoms with Crippen LogP contribution in [-0.2, 0) is 9.53 Å². The Morgan fingerprint density at radius 3 is 2.87 bits per heavy atom. The standard InChI is InChI=1S/C17H25FN2O3/c1-19-17(21)10-13-11-20(12-16(13)22-2)8-5-9-23-15-7-4-3-6-14(15)18/h3-4,6-7,13,16H,5,8-12H2,1-2H3,(H,19,21)/t13-,16-/m0/s1. The minimum atomic E-state index is -0.334. The number of nitrogens with zero attached hydrogens (tertiary/aromatic N) is 1. The zero-order chi connectivity index (χ0) is 16.7. The second-order valence-corrected chi connectivity index (χ2v) is 5.80. The molecular formula is C17H25FN2O3. The summed E-state index contributed by atoms with van der Waals surface area (Å²) >= 11 is 0. The largest absolute Gasteiger partial charge is 0.490 e. The molecule has 1 saturated heterocycles. The average Bonchev–Trinajstić information content (AvgIpc) is 2.94. The average molecular weight is 324 g/mol. The van der Waals surface area contributed by atoms with Crippen LogP contribution in [0.1, 0.15) is 12.8 Å². The van der Waals surface area contributed by atoms with Gasteiger partial charge in [0.25, 0.3) is 0 Å². The van der Waals surface area contributed by atoms with Crippen molar-refractivity contribution in [3.63, 3.8) is 0 Å². The predicted octanol–water partition coefficient (Wildman–Crippen LogP) is 1.68. The van der Waals surface area contributed by atoms with Gasteiger partial charge in [-0.2, -0.15) is 0 Å². The van der Waals surface area contributed by atoms with Crippen molar-refractivity contribution >= 4 is 5.91 Å². The van der Waals surface area contributed by atoms with Crippen molar-refractivity contribution < 1.29 is 18.7 Å². The van der Waals surface area contributed by atoms with Crippen molar-refractivity contribution in [2.24, 2.45) is 5.92 Å². The Hall–Kier alpha value is -1.66. The zero-order valence-electron chi connectivity index (χ0n) is 13.8. The third-order valence-corrected chi connectivity index (χ3v) is 4.20. The molecule has 128 valence electrons. The van der Waals surface area contributed by atoms with Gasteiger partial charge in [-0.05, 0) is 18.6 Å². The van der Waals surface area contributed by atoms with E-state index < -0.39 is 0 Å². The van der Waals surface area contributed by atoms with Crippen LogP contribution in [0.25, 0.3) is 0 Å². The van der Waals surface area contributed by atoms with Gasteiger partial charge in [-0.15, -0.1) is 0 Å². The summed E-state index contributed by atoms with van der Waals surface area (Å²) in [7, 11) is 3.34. The highest BCUT2D eigenvalue weighted by molar-refractivity contribution is 5.75. The van der Waals surface area contributed by atoms with Crippen LogP contribution in [0.15, 0.2) is 24.3 Å². The number of likely N-dealkylation sites (tertiary alicyclic amines) is 1. The fraction of sp³-hybridized carbons (Fsp3) is 0.588. The predicted molar refractivity (Wildman–Crippen MR) is 85.9 cm³/mol. The first kappa shape index (κ1) is 17.7. The quantitative estimate of drug-likeness (QED) is 0.739. The molecular weight excluding hydrogens is 299 g/mol. The summed E-state index contributed by atoms with van der Waals surface area (Å²) in [6, 6.07) is 6.42. The maximum absolute atomic E-state index is 13.4. The number of ether oxygens (including phenoxy) is 2. The number of carbonyl (C=O) groups excluding carboxylic acids is 1. The fourth-order valence-corrected chi connectivity index (χ4v) is 2.95. The van der Waals surface area contributed by atoms with Crippen molar-refractivity contribution in [3.05, 3.63) is 30.1 Å². The number of hydrogen-bond donors (Lipinski definition) is 1. The number of para-hydroxylation sites is 1. The molecule has 0 aromatic heterocycles. The Labute approximate surface area is 136 Å². The van der Waals surface area contributed by atoms with Crippen LogP contribution >= 0.6 is 0 Å². The molecule has 5 nitrogen and oxygen atoms in total. The van der Waals surface area contributed by atoms with E-state index in [1.807, 2.05) is 0 Å². The highest BCUT2D eigenvalue weighted by Crippen LogP contribution is 2.23. The van der Waals surface area contributed by atoms with Gasteiger partial charge in [0, 0.05) is 46.1 Å². The number of benzene rings is 1. The van der Waals surface area contributed by atoms with Gasteiger partial charge in [0.05, 0.1) is 12.7 Å². The van der Waals surface area contributed by atoms with Gasteiger partial charge in [0.2, 0.25) is 5.91 Å². The van der Waals surface area contributed by atoms with Crippen molar-refractivity contribution in [1.29, 1.82) is 0 Å².